The molecule has 0 aliphatic carbocycles. The van der Waals surface area contributed by atoms with Crippen molar-refractivity contribution in [2.45, 2.75) is 10.8 Å². The summed E-state index contributed by atoms with van der Waals surface area (Å²) in [5.41, 5.74) is 4.41. The number of halogens is 1. The highest BCUT2D eigenvalue weighted by atomic mass is 127. The lowest BCUT2D eigenvalue weighted by molar-refractivity contribution is 0.0600. The van der Waals surface area contributed by atoms with Crippen LogP contribution in [0, 0.1) is 0 Å². The van der Waals surface area contributed by atoms with Crippen LogP contribution in [0.3, 0.4) is 0 Å². The van der Waals surface area contributed by atoms with E-state index in [-0.39, 0.29) is 5.97 Å². The van der Waals surface area contributed by atoms with Crippen molar-refractivity contribution in [2.75, 3.05) is 7.11 Å². The van der Waals surface area contributed by atoms with Crippen LogP contribution >= 0.6 is 22.6 Å². The van der Waals surface area contributed by atoms with E-state index in [1.165, 1.54) is 23.8 Å². The van der Waals surface area contributed by atoms with Gasteiger partial charge in [-0.1, -0.05) is 59.0 Å². The summed E-state index contributed by atoms with van der Waals surface area (Å²) in [5.74, 6) is -0.293. The van der Waals surface area contributed by atoms with Crippen LogP contribution in [0.5, 0.6) is 0 Å². The van der Waals surface area contributed by atoms with Crippen molar-refractivity contribution in [3.05, 3.63) is 70.8 Å². The molecule has 19 heavy (non-hydrogen) atoms. The number of ether oxygens (including phenoxy) is 1. The summed E-state index contributed by atoms with van der Waals surface area (Å²) < 4.78 is 5.71. The zero-order valence-corrected chi connectivity index (χ0v) is 12.9. The minimum absolute atomic E-state index is 0.293. The second-order valence-electron chi connectivity index (χ2n) is 4.32. The minimum Gasteiger partial charge on any atom is -0.465 e. The lowest BCUT2D eigenvalue weighted by Gasteiger charge is -2.05. The Morgan fingerprint density at radius 3 is 2.37 bits per heavy atom. The van der Waals surface area contributed by atoms with Crippen molar-refractivity contribution in [2.24, 2.45) is 0 Å². The van der Waals surface area contributed by atoms with Gasteiger partial charge in [0.1, 0.15) is 0 Å². The molecule has 0 aliphatic heterocycles. The Kier molecular flexibility index (Phi) is 4.96. The van der Waals surface area contributed by atoms with Crippen molar-refractivity contribution in [3.8, 4) is 0 Å². The molecule has 98 valence electrons. The molecule has 0 amide bonds. The van der Waals surface area contributed by atoms with Crippen LogP contribution < -0.4 is 0 Å². The largest absolute Gasteiger partial charge is 0.465 e. The normalized spacial score (nSPS) is 10.2. The first-order chi connectivity index (χ1) is 9.22. The lowest BCUT2D eigenvalue weighted by atomic mass is 10.0. The van der Waals surface area contributed by atoms with Gasteiger partial charge in [0.2, 0.25) is 0 Å². The molecule has 0 spiro atoms. The van der Waals surface area contributed by atoms with Crippen molar-refractivity contribution in [1.82, 2.24) is 0 Å². The number of methoxy groups -OCH3 is 1. The molecule has 0 aliphatic rings. The molecule has 0 saturated carbocycles. The smallest absolute Gasteiger partial charge is 0.337 e. The molecule has 2 aromatic rings. The van der Waals surface area contributed by atoms with E-state index < -0.39 is 0 Å². The highest BCUT2D eigenvalue weighted by Crippen LogP contribution is 2.14. The standard InChI is InChI=1S/C16H15IO2/c1-19-16(18)15-7-5-12(6-8-15)9-13-3-2-4-14(10-13)11-17/h2-8,10H,9,11H2,1H3. The van der Waals surface area contributed by atoms with E-state index in [0.29, 0.717) is 5.56 Å². The molecule has 0 aromatic heterocycles. The van der Waals surface area contributed by atoms with Gasteiger partial charge in [-0.25, -0.2) is 4.79 Å². The molecule has 0 fully saturated rings. The van der Waals surface area contributed by atoms with E-state index in [1.807, 2.05) is 24.3 Å². The van der Waals surface area contributed by atoms with Crippen molar-refractivity contribution >= 4 is 28.6 Å². The third kappa shape index (κ3) is 3.80. The molecule has 0 atom stereocenters. The van der Waals surface area contributed by atoms with Crippen molar-refractivity contribution < 1.29 is 9.53 Å². The topological polar surface area (TPSA) is 26.3 Å². The summed E-state index contributed by atoms with van der Waals surface area (Å²) >= 11 is 2.37. The average Bonchev–Trinajstić information content (AvgIpc) is 2.47. The lowest BCUT2D eigenvalue weighted by Crippen LogP contribution is -2.01. The highest BCUT2D eigenvalue weighted by molar-refractivity contribution is 14.1. The molecular formula is C16H15IO2. The van der Waals surface area contributed by atoms with Crippen LogP contribution in [-0.2, 0) is 15.6 Å². The number of carbonyl (C=O) groups is 1. The van der Waals surface area contributed by atoms with Crippen LogP contribution in [0.4, 0.5) is 0 Å². The van der Waals surface area contributed by atoms with Crippen LogP contribution in [0.2, 0.25) is 0 Å². The second-order valence-corrected chi connectivity index (χ2v) is 5.08. The Labute approximate surface area is 126 Å². The third-order valence-electron chi connectivity index (χ3n) is 2.93. The number of esters is 1. The number of benzene rings is 2. The van der Waals surface area contributed by atoms with E-state index in [9.17, 15) is 4.79 Å². The number of carbonyl (C=O) groups excluding carboxylic acids is 1. The van der Waals surface area contributed by atoms with Crippen LogP contribution in [0.15, 0.2) is 48.5 Å². The van der Waals surface area contributed by atoms with Gasteiger partial charge in [-0.05, 0) is 35.2 Å². The van der Waals surface area contributed by atoms with E-state index in [2.05, 4.69) is 51.6 Å². The van der Waals surface area contributed by atoms with Gasteiger partial charge < -0.3 is 4.74 Å². The number of hydrogen-bond acceptors (Lipinski definition) is 2. The van der Waals surface area contributed by atoms with Crippen molar-refractivity contribution in [1.29, 1.82) is 0 Å². The summed E-state index contributed by atoms with van der Waals surface area (Å²) in [5, 5.41) is 0. The first-order valence-electron chi connectivity index (χ1n) is 6.04. The molecule has 0 saturated heterocycles. The number of rotatable bonds is 4. The molecule has 3 heteroatoms. The van der Waals surface area contributed by atoms with Gasteiger partial charge in [0.05, 0.1) is 12.7 Å². The maximum Gasteiger partial charge on any atom is 0.337 e. The summed E-state index contributed by atoms with van der Waals surface area (Å²) in [6.07, 6.45) is 0.881. The molecule has 0 bridgehead atoms. The number of hydrogen-bond donors (Lipinski definition) is 0. The van der Waals surface area contributed by atoms with E-state index in [4.69, 9.17) is 0 Å². The van der Waals surface area contributed by atoms with E-state index in [0.717, 1.165) is 10.8 Å². The molecular weight excluding hydrogens is 351 g/mol. The summed E-state index contributed by atoms with van der Waals surface area (Å²) in [7, 11) is 1.39. The van der Waals surface area contributed by atoms with Gasteiger partial charge in [-0.15, -0.1) is 0 Å². The van der Waals surface area contributed by atoms with Gasteiger partial charge in [0, 0.05) is 4.43 Å². The van der Waals surface area contributed by atoms with Crippen LogP contribution in [-0.4, -0.2) is 13.1 Å². The fourth-order valence-electron chi connectivity index (χ4n) is 1.93. The second kappa shape index (κ2) is 6.70. The molecule has 0 heterocycles. The Balaban J connectivity index is 2.12. The Bertz CT molecular complexity index is 561. The molecule has 2 aromatic carbocycles. The first-order valence-corrected chi connectivity index (χ1v) is 7.56. The molecule has 2 nitrogen and oxygen atoms in total. The average molecular weight is 366 g/mol. The predicted molar refractivity (Wildman–Crippen MR) is 84.8 cm³/mol. The number of alkyl halides is 1. The van der Waals surface area contributed by atoms with Gasteiger partial charge in [-0.2, -0.15) is 0 Å². The molecule has 0 radical (unpaired) electrons. The fourth-order valence-corrected chi connectivity index (χ4v) is 2.41. The fraction of sp³-hybridized carbons (Fsp3) is 0.188. The predicted octanol–water partition coefficient (Wildman–Crippen LogP) is 4.00. The molecule has 0 unspecified atom stereocenters. The Morgan fingerprint density at radius 1 is 1.05 bits per heavy atom. The van der Waals surface area contributed by atoms with Gasteiger partial charge in [0.15, 0.2) is 0 Å². The Hall–Kier alpha value is -1.36. The first kappa shape index (κ1) is 14.1. The van der Waals surface area contributed by atoms with Crippen LogP contribution in [0.1, 0.15) is 27.0 Å². The van der Waals surface area contributed by atoms with Gasteiger partial charge in [-0.3, -0.25) is 0 Å². The molecule has 0 N–H and O–H groups in total. The zero-order valence-electron chi connectivity index (χ0n) is 10.7. The maximum absolute atomic E-state index is 11.3. The van der Waals surface area contributed by atoms with Crippen LogP contribution in [0.25, 0.3) is 0 Å². The monoisotopic (exact) mass is 366 g/mol. The quantitative estimate of drug-likeness (QED) is 0.465. The van der Waals surface area contributed by atoms with Gasteiger partial charge >= 0.3 is 5.97 Å². The molecule has 2 rings (SSSR count). The summed E-state index contributed by atoms with van der Waals surface area (Å²) in [6, 6.07) is 16.1. The van der Waals surface area contributed by atoms with E-state index >= 15 is 0 Å². The Morgan fingerprint density at radius 2 is 1.74 bits per heavy atom. The van der Waals surface area contributed by atoms with Crippen molar-refractivity contribution in [3.63, 3.8) is 0 Å². The van der Waals surface area contributed by atoms with Gasteiger partial charge in [0.25, 0.3) is 0 Å². The zero-order chi connectivity index (χ0) is 13.7. The minimum atomic E-state index is -0.293. The third-order valence-corrected chi connectivity index (χ3v) is 3.81. The highest BCUT2D eigenvalue weighted by Gasteiger charge is 2.04. The summed E-state index contributed by atoms with van der Waals surface area (Å²) in [6.45, 7) is 0. The maximum atomic E-state index is 11.3. The summed E-state index contributed by atoms with van der Waals surface area (Å²) in [4.78, 5) is 11.3. The van der Waals surface area contributed by atoms with E-state index in [1.54, 1.807) is 0 Å². The SMILES string of the molecule is COC(=O)c1ccc(Cc2cccc(CI)c2)cc1.